The summed E-state index contributed by atoms with van der Waals surface area (Å²) in [5, 5.41) is 6.23. The molecule has 0 aliphatic carbocycles. The monoisotopic (exact) mass is 661 g/mol. The van der Waals surface area contributed by atoms with Crippen LogP contribution in [0.1, 0.15) is 57.7 Å². The number of hydrogen-bond acceptors (Lipinski definition) is 8. The third-order valence-corrected chi connectivity index (χ3v) is 7.79. The van der Waals surface area contributed by atoms with Crippen LogP contribution in [0, 0.1) is 20.8 Å². The third-order valence-electron chi connectivity index (χ3n) is 7.79. The van der Waals surface area contributed by atoms with Crippen molar-refractivity contribution in [3.05, 3.63) is 105 Å². The highest BCUT2D eigenvalue weighted by molar-refractivity contribution is 5.86. The molecule has 0 radical (unpaired) electrons. The topological polar surface area (TPSA) is 137 Å². The second-order valence-electron chi connectivity index (χ2n) is 10.4. The van der Waals surface area contributed by atoms with E-state index in [9.17, 15) is 9.59 Å². The van der Waals surface area contributed by atoms with Crippen LogP contribution in [-0.4, -0.2) is 39.1 Å². The minimum atomic E-state index is -0.609. The maximum atomic E-state index is 13.6. The lowest BCUT2D eigenvalue weighted by Crippen LogP contribution is -2.36. The van der Waals surface area contributed by atoms with Gasteiger partial charge in [0.15, 0.2) is 5.82 Å². The Hall–Kier alpha value is -3.86. The van der Waals surface area contributed by atoms with E-state index in [-0.39, 0.29) is 60.4 Å². The largest absolute Gasteiger partial charge is 0.495 e. The molecule has 1 aliphatic heterocycles. The molecule has 44 heavy (non-hydrogen) atoms. The van der Waals surface area contributed by atoms with E-state index in [1.807, 2.05) is 25.1 Å². The van der Waals surface area contributed by atoms with Crippen LogP contribution in [0.25, 0.3) is 0 Å². The van der Waals surface area contributed by atoms with Crippen molar-refractivity contribution in [2.24, 2.45) is 0 Å². The molecule has 1 aliphatic rings. The van der Waals surface area contributed by atoms with Crippen LogP contribution in [0.15, 0.2) is 59.7 Å². The average Bonchev–Trinajstić information content (AvgIpc) is 3.41. The molecule has 0 spiro atoms. The van der Waals surface area contributed by atoms with Gasteiger partial charge in [-0.25, -0.2) is 9.97 Å². The van der Waals surface area contributed by atoms with E-state index in [1.54, 1.807) is 30.1 Å². The number of carbonyl (C=O) groups is 1. The summed E-state index contributed by atoms with van der Waals surface area (Å²) in [6, 6.07) is 13.1. The zero-order valence-corrected chi connectivity index (χ0v) is 27.4. The van der Waals surface area contributed by atoms with Crippen LogP contribution >= 0.6 is 37.2 Å². The number of nitrogen functional groups attached to an aromatic ring is 1. The van der Waals surface area contributed by atoms with Gasteiger partial charge < -0.3 is 21.1 Å². The van der Waals surface area contributed by atoms with Crippen molar-refractivity contribution in [1.29, 1.82) is 0 Å². The second kappa shape index (κ2) is 15.7. The lowest BCUT2D eigenvalue weighted by Gasteiger charge is -2.20. The van der Waals surface area contributed by atoms with Gasteiger partial charge in [0, 0.05) is 42.3 Å². The Balaban J connectivity index is 0.00000225. The molecule has 0 saturated heterocycles. The number of nitrogens with two attached hydrogens (primary N) is 1. The Bertz CT molecular complexity index is 1650. The fourth-order valence-corrected chi connectivity index (χ4v) is 5.20. The van der Waals surface area contributed by atoms with Crippen molar-refractivity contribution in [3.63, 3.8) is 0 Å². The number of amides is 1. The van der Waals surface area contributed by atoms with E-state index >= 15 is 0 Å². The number of aryl methyl sites for hydroxylation is 4. The van der Waals surface area contributed by atoms with Gasteiger partial charge in [0.05, 0.1) is 13.3 Å². The second-order valence-corrected chi connectivity index (χ2v) is 10.4. The fraction of sp³-hybridized carbons (Fsp3) is 0.323. The predicted molar refractivity (Wildman–Crippen MR) is 180 cm³/mol. The molecule has 13 heteroatoms. The quantitative estimate of drug-likeness (QED) is 0.231. The molecule has 0 saturated carbocycles. The molecule has 5 rings (SSSR count). The van der Waals surface area contributed by atoms with Crippen LogP contribution in [0.3, 0.4) is 0 Å². The Kier molecular flexibility index (Phi) is 13.0. The third kappa shape index (κ3) is 7.80. The normalized spacial score (nSPS) is 13.8. The number of pyridine rings is 2. The molecule has 4 aromatic rings. The van der Waals surface area contributed by atoms with E-state index in [2.05, 4.69) is 57.6 Å². The first-order valence-corrected chi connectivity index (χ1v) is 13.7. The van der Waals surface area contributed by atoms with Gasteiger partial charge >= 0.3 is 0 Å². The minimum Gasteiger partial charge on any atom is -0.495 e. The molecular weight excluding hydrogens is 625 g/mol. The van der Waals surface area contributed by atoms with Gasteiger partial charge in [-0.1, -0.05) is 24.3 Å². The first-order valence-electron chi connectivity index (χ1n) is 13.7. The highest BCUT2D eigenvalue weighted by Gasteiger charge is 2.31. The number of anilines is 2. The molecule has 10 nitrogen and oxygen atoms in total. The van der Waals surface area contributed by atoms with Crippen LogP contribution in [0.5, 0.6) is 5.75 Å². The Morgan fingerprint density at radius 3 is 2.48 bits per heavy atom. The van der Waals surface area contributed by atoms with Crippen molar-refractivity contribution in [1.82, 2.24) is 24.8 Å². The van der Waals surface area contributed by atoms with Crippen molar-refractivity contribution in [2.45, 2.75) is 52.1 Å². The van der Waals surface area contributed by atoms with Crippen molar-refractivity contribution in [2.75, 3.05) is 24.7 Å². The van der Waals surface area contributed by atoms with Gasteiger partial charge in [-0.2, -0.15) is 0 Å². The number of halogens is 3. The first kappa shape index (κ1) is 36.3. The summed E-state index contributed by atoms with van der Waals surface area (Å²) in [5.41, 5.74) is 12.1. The van der Waals surface area contributed by atoms with Crippen molar-refractivity contribution < 1.29 is 9.53 Å². The lowest BCUT2D eigenvalue weighted by atomic mass is 9.92. The maximum Gasteiger partial charge on any atom is 0.294 e. The van der Waals surface area contributed by atoms with Gasteiger partial charge in [0.1, 0.15) is 17.6 Å². The van der Waals surface area contributed by atoms with E-state index < -0.39 is 6.04 Å². The molecule has 1 aromatic carbocycles. The fourth-order valence-electron chi connectivity index (χ4n) is 5.20. The standard InChI is InChI=1S/C31H35N7O3.3ClH/c1-18-5-6-21(13-19(18)2)25(26-10-9-24(41-4)16-33-26)17-35-29-31(40)38-23(15-34-29)8-11-27(38)30(39)36-14-22-7-12-28(32)37-20(22)3;;;/h5-7,9-10,12-13,15-16,25,27H,8,11,14,17H2,1-4H3,(H2,32,37)(H,34,35)(H,36,39);3*1H/t25-,27+;;;/m1.../s1. The molecule has 4 N–H and O–H groups in total. The van der Waals surface area contributed by atoms with Crippen LogP contribution in [-0.2, 0) is 17.8 Å². The molecule has 0 fully saturated rings. The van der Waals surface area contributed by atoms with E-state index in [4.69, 9.17) is 10.5 Å². The minimum absolute atomic E-state index is 0. The Morgan fingerprint density at radius 2 is 1.82 bits per heavy atom. The number of ether oxygens (including phenoxy) is 1. The molecule has 236 valence electrons. The zero-order valence-electron chi connectivity index (χ0n) is 25.0. The zero-order chi connectivity index (χ0) is 29.1. The smallest absolute Gasteiger partial charge is 0.294 e. The average molecular weight is 663 g/mol. The number of nitrogens with zero attached hydrogens (tertiary/aromatic N) is 4. The SMILES string of the molecule is COc1ccc([C@H](CNc2ncc3n(c2=O)[C@H](C(=O)NCc2ccc(N)nc2C)CC3)c2ccc(C)c(C)c2)nc1.Cl.Cl.Cl. The number of carbonyl (C=O) groups excluding carboxylic acids is 1. The molecule has 0 bridgehead atoms. The van der Waals surface area contributed by atoms with Crippen molar-refractivity contribution >= 4 is 54.8 Å². The Morgan fingerprint density at radius 1 is 1.05 bits per heavy atom. The number of benzene rings is 1. The van der Waals surface area contributed by atoms with Gasteiger partial charge in [0.25, 0.3) is 5.56 Å². The molecular formula is C31H38Cl3N7O3. The van der Waals surface area contributed by atoms with E-state index in [0.29, 0.717) is 37.5 Å². The van der Waals surface area contributed by atoms with Gasteiger partial charge in [0.2, 0.25) is 5.91 Å². The van der Waals surface area contributed by atoms with E-state index in [0.717, 1.165) is 28.2 Å². The molecule has 2 atom stereocenters. The first-order chi connectivity index (χ1) is 19.7. The number of aromatic nitrogens is 4. The summed E-state index contributed by atoms with van der Waals surface area (Å²) < 4.78 is 6.85. The number of rotatable bonds is 9. The lowest BCUT2D eigenvalue weighted by molar-refractivity contribution is -0.124. The Labute approximate surface area is 275 Å². The molecule has 0 unspecified atom stereocenters. The summed E-state index contributed by atoms with van der Waals surface area (Å²) in [4.78, 5) is 40.1. The summed E-state index contributed by atoms with van der Waals surface area (Å²) in [7, 11) is 1.61. The maximum absolute atomic E-state index is 13.6. The molecule has 1 amide bonds. The van der Waals surface area contributed by atoms with E-state index in [1.165, 1.54) is 11.1 Å². The van der Waals surface area contributed by atoms with Gasteiger partial charge in [-0.15, -0.1) is 37.2 Å². The van der Waals surface area contributed by atoms with Gasteiger partial charge in [-0.3, -0.25) is 19.1 Å². The summed E-state index contributed by atoms with van der Waals surface area (Å²) in [6.07, 6.45) is 4.51. The molecule has 4 heterocycles. The number of nitrogens with one attached hydrogen (secondary N) is 2. The highest BCUT2D eigenvalue weighted by atomic mass is 35.5. The number of fused-ring (bicyclic) bond motifs is 1. The molecule has 3 aromatic heterocycles. The van der Waals surface area contributed by atoms with Crippen LogP contribution in [0.4, 0.5) is 11.6 Å². The number of methoxy groups -OCH3 is 1. The van der Waals surface area contributed by atoms with Crippen molar-refractivity contribution in [3.8, 4) is 5.75 Å². The summed E-state index contributed by atoms with van der Waals surface area (Å²) in [5.74, 6) is 0.953. The summed E-state index contributed by atoms with van der Waals surface area (Å²) >= 11 is 0. The highest BCUT2D eigenvalue weighted by Crippen LogP contribution is 2.28. The summed E-state index contributed by atoms with van der Waals surface area (Å²) in [6.45, 7) is 6.71. The number of hydrogen-bond donors (Lipinski definition) is 3. The predicted octanol–water partition coefficient (Wildman–Crippen LogP) is 4.86. The van der Waals surface area contributed by atoms with Crippen LogP contribution in [0.2, 0.25) is 0 Å². The van der Waals surface area contributed by atoms with Gasteiger partial charge in [-0.05, 0) is 74.1 Å². The van der Waals surface area contributed by atoms with Crippen LogP contribution < -0.4 is 26.7 Å².